The molecule has 0 rings (SSSR count). The summed E-state index contributed by atoms with van der Waals surface area (Å²) in [6.07, 6.45) is 0. The second-order valence-corrected chi connectivity index (χ2v) is 0. The van der Waals surface area contributed by atoms with Gasteiger partial charge in [-0.15, -0.1) is 0 Å². The predicted octanol–water partition coefficient (Wildman–Crippen LogP) is -8.13. The van der Waals surface area contributed by atoms with E-state index < -0.39 is 0 Å². The van der Waals surface area contributed by atoms with Gasteiger partial charge in [-0.1, -0.05) is 0 Å². The molecule has 0 aromatic heterocycles. The van der Waals surface area contributed by atoms with Gasteiger partial charge in [-0.25, -0.2) is 0 Å². The summed E-state index contributed by atoms with van der Waals surface area (Å²) in [5, 5.41) is 0. The van der Waals surface area contributed by atoms with Gasteiger partial charge in [-0.05, 0) is 0 Å². The summed E-state index contributed by atoms with van der Waals surface area (Å²) in [6, 6.07) is 0. The summed E-state index contributed by atoms with van der Waals surface area (Å²) in [7, 11) is 0. The van der Waals surface area contributed by atoms with Crippen LogP contribution in [0.2, 0.25) is 0 Å². The van der Waals surface area contributed by atoms with E-state index in [9.17, 15) is 0 Å². The van der Waals surface area contributed by atoms with Crippen LogP contribution in [0.15, 0.2) is 0 Å². The van der Waals surface area contributed by atoms with E-state index in [1.807, 2.05) is 0 Å². The molecule has 0 bridgehead atoms. The molecular formula is H8Cs2In2Sm2. The summed E-state index contributed by atoms with van der Waals surface area (Å²) in [5.41, 5.74) is 0. The van der Waals surface area contributed by atoms with Crippen molar-refractivity contribution < 1.29 is 221 Å². The minimum atomic E-state index is 0. The van der Waals surface area contributed by atoms with Gasteiger partial charge < -0.3 is 2.85 Å². The molecule has 0 radical (unpaired) electrons. The van der Waals surface area contributed by atoms with Gasteiger partial charge in [0.15, 0.2) is 0 Å². The van der Waals surface area contributed by atoms with Gasteiger partial charge in [0.1, 0.15) is 0 Å². The molecule has 6 heteroatoms. The second kappa shape index (κ2) is 29.2. The summed E-state index contributed by atoms with van der Waals surface area (Å²) in [4.78, 5) is 0. The Morgan fingerprint density at radius 3 is 0.667 bits per heavy atom. The van der Waals surface area contributed by atoms with Crippen molar-refractivity contribution in [1.29, 1.82) is 0 Å². The number of hydrogen-bond donors (Lipinski definition) is 0. The van der Waals surface area contributed by atoms with Crippen LogP contribution in [0.1, 0.15) is 2.85 Å². The Hall–Kier alpha value is 8.52. The van der Waals surface area contributed by atoms with Gasteiger partial charge in [-0.3, -0.25) is 0 Å². The molecule has 0 aromatic rings. The number of hydrogen-bond acceptors (Lipinski definition) is 0. The van der Waals surface area contributed by atoms with Crippen LogP contribution in [0.25, 0.3) is 0 Å². The third-order valence-corrected chi connectivity index (χ3v) is 0. The molecule has 0 aliphatic rings. The van der Waals surface area contributed by atoms with Crippen molar-refractivity contribution in [2.45, 2.75) is 0 Å². The Bertz CT molecular complexity index is 16.0. The van der Waals surface area contributed by atoms with E-state index in [1.54, 1.807) is 0 Å². The standard InChI is InChI=1S/2Cs.2In.2Sm.8H/q2*+1;;;;;;;;;;;2*-1. The first kappa shape index (κ1) is 36.6. The van der Waals surface area contributed by atoms with E-state index in [1.165, 1.54) is 0 Å². The Kier molecular flexibility index (Phi) is 178. The van der Waals surface area contributed by atoms with Gasteiger partial charge in [0, 0.05) is 80.8 Å². The van der Waals surface area contributed by atoms with E-state index >= 15 is 0 Å². The Labute approximate surface area is 262 Å². The third-order valence-electron chi connectivity index (χ3n) is 0. The van der Waals surface area contributed by atoms with Crippen LogP contribution in [0, 0.1) is 80.8 Å². The van der Waals surface area contributed by atoms with E-state index in [-0.39, 0.29) is 273 Å². The van der Waals surface area contributed by atoms with E-state index in [4.69, 9.17) is 0 Å². The largest absolute Gasteiger partial charge is 0 e. The minimum Gasteiger partial charge on any atom is 0 e. The van der Waals surface area contributed by atoms with E-state index in [2.05, 4.69) is 0 Å². The third kappa shape index (κ3) is 22.9. The average Bonchev–Trinajstić information content (AvgIpc) is 0. The maximum Gasteiger partial charge on any atom is 0 e. The van der Waals surface area contributed by atoms with Crippen molar-refractivity contribution in [3.05, 3.63) is 0 Å². The SMILES string of the molecule is [Cs+].[Cs+].[H-].[H-].[InH3].[InH3].[Sm].[Sm]. The zero-order valence-corrected chi connectivity index (χ0v) is 20.6. The molecule has 0 spiro atoms. The van der Waals surface area contributed by atoms with Crippen molar-refractivity contribution in [2.75, 3.05) is 0 Å². The molecule has 0 saturated carbocycles. The minimum absolute atomic E-state index is 0. The Morgan fingerprint density at radius 1 is 0.667 bits per heavy atom. The maximum absolute atomic E-state index is 0. The first-order valence-electron chi connectivity index (χ1n) is 0. The van der Waals surface area contributed by atoms with Crippen molar-refractivity contribution in [3.63, 3.8) is 0 Å². The maximum atomic E-state index is 0. The molecule has 0 heterocycles. The average molecular weight is 804 g/mol. The van der Waals surface area contributed by atoms with Crippen LogP contribution in [0.5, 0.6) is 0 Å². The van der Waals surface area contributed by atoms with Gasteiger partial charge in [0.25, 0.3) is 0 Å². The molecule has 0 aliphatic carbocycles. The quantitative estimate of drug-likeness (QED) is 0.229. The number of rotatable bonds is 0. The molecule has 0 fully saturated rings. The molecule has 0 aromatic carbocycles. The second-order valence-electron chi connectivity index (χ2n) is 0. The molecular weight excluding hydrogens is 796 g/mol. The first-order valence-corrected chi connectivity index (χ1v) is 0. The predicted molar refractivity (Wildman–Crippen MR) is 22.1 cm³/mol. The molecule has 28 valence electrons. The zero-order valence-electron chi connectivity index (χ0n) is 4.82. The fourth-order valence-corrected chi connectivity index (χ4v) is 0. The van der Waals surface area contributed by atoms with Crippen LogP contribution in [0.4, 0.5) is 0 Å². The fraction of sp³-hybridized carbons (Fsp3) is 0. The van der Waals surface area contributed by atoms with Crippen LogP contribution < -0.4 is 138 Å². The molecule has 0 unspecified atom stereocenters. The van der Waals surface area contributed by atoms with E-state index in [0.29, 0.717) is 0 Å². The van der Waals surface area contributed by atoms with Crippen molar-refractivity contribution in [3.8, 4) is 0 Å². The molecule has 6 heavy (non-hydrogen) atoms. The molecule has 0 atom stereocenters. The Balaban J connectivity index is 0. The molecule has 0 aliphatic heterocycles. The summed E-state index contributed by atoms with van der Waals surface area (Å²) >= 11 is 0. The van der Waals surface area contributed by atoms with Gasteiger partial charge in [0.2, 0.25) is 0 Å². The van der Waals surface area contributed by atoms with Crippen molar-refractivity contribution >= 4 is 51.7 Å². The van der Waals surface area contributed by atoms with Gasteiger partial charge in [-0.2, -0.15) is 0 Å². The summed E-state index contributed by atoms with van der Waals surface area (Å²) < 4.78 is 0. The zero-order chi connectivity index (χ0) is 0. The van der Waals surface area contributed by atoms with Crippen LogP contribution in [-0.4, -0.2) is 51.7 Å². The van der Waals surface area contributed by atoms with Crippen LogP contribution in [-0.2, 0) is 0 Å². The molecule has 0 saturated heterocycles. The molecule has 0 amide bonds. The fourth-order valence-electron chi connectivity index (χ4n) is 0. The van der Waals surface area contributed by atoms with Crippen LogP contribution in [0.3, 0.4) is 0 Å². The van der Waals surface area contributed by atoms with Gasteiger partial charge >= 0.3 is 189 Å². The molecule has 0 nitrogen and oxygen atoms in total. The topological polar surface area (TPSA) is 0 Å². The normalized spacial score (nSPS) is 0. The monoisotopic (exact) mass is 808 g/mol. The van der Waals surface area contributed by atoms with E-state index in [0.717, 1.165) is 0 Å². The summed E-state index contributed by atoms with van der Waals surface area (Å²) in [6.45, 7) is 0. The smallest absolute Gasteiger partial charge is 0 e. The van der Waals surface area contributed by atoms with Crippen LogP contribution >= 0.6 is 0 Å². The van der Waals surface area contributed by atoms with Crippen molar-refractivity contribution in [2.24, 2.45) is 0 Å². The molecule has 0 N–H and O–H groups in total. The Morgan fingerprint density at radius 2 is 0.667 bits per heavy atom. The van der Waals surface area contributed by atoms with Crippen molar-refractivity contribution in [1.82, 2.24) is 0 Å². The summed E-state index contributed by atoms with van der Waals surface area (Å²) in [5.74, 6) is 0. The first-order chi connectivity index (χ1) is 0. The van der Waals surface area contributed by atoms with Gasteiger partial charge in [0.05, 0.1) is 0 Å².